The second-order valence-electron chi connectivity index (χ2n) is 4.60. The molecule has 0 aliphatic rings. The number of rotatable bonds is 3. The fraction of sp³-hybridized carbons (Fsp3) is 0.267. The number of pyridine rings is 1. The van der Waals surface area contributed by atoms with Crippen LogP contribution in [0.3, 0.4) is 0 Å². The van der Waals surface area contributed by atoms with Gasteiger partial charge in [0.2, 0.25) is 0 Å². The van der Waals surface area contributed by atoms with Gasteiger partial charge in [0.1, 0.15) is 5.82 Å². The van der Waals surface area contributed by atoms with Gasteiger partial charge >= 0.3 is 0 Å². The summed E-state index contributed by atoms with van der Waals surface area (Å²) in [4.78, 5) is 6.53. The molecule has 94 valence electrons. The first kappa shape index (κ1) is 12.6. The molecule has 3 heteroatoms. The number of benzene rings is 1. The standard InChI is InChI=1S/C15H19N3/c1-11-6-4-7-13(10-11)18(3)15-14(12(2)16)8-5-9-17-15/h4-10,12H,16H2,1-3H3/t12-/m0/s1. The molecule has 3 nitrogen and oxygen atoms in total. The molecule has 0 aliphatic carbocycles. The Labute approximate surface area is 108 Å². The van der Waals surface area contributed by atoms with Gasteiger partial charge in [0.25, 0.3) is 0 Å². The molecule has 18 heavy (non-hydrogen) atoms. The van der Waals surface area contributed by atoms with Crippen LogP contribution >= 0.6 is 0 Å². The van der Waals surface area contributed by atoms with E-state index in [9.17, 15) is 0 Å². The van der Waals surface area contributed by atoms with Gasteiger partial charge < -0.3 is 10.6 Å². The first-order valence-corrected chi connectivity index (χ1v) is 6.10. The van der Waals surface area contributed by atoms with Crippen LogP contribution in [0.15, 0.2) is 42.6 Å². The molecule has 1 aromatic carbocycles. The van der Waals surface area contributed by atoms with Crippen molar-refractivity contribution in [1.29, 1.82) is 0 Å². The summed E-state index contributed by atoms with van der Waals surface area (Å²) in [6, 6.07) is 12.3. The number of nitrogens with two attached hydrogens (primary N) is 1. The molecule has 0 bridgehead atoms. The van der Waals surface area contributed by atoms with Crippen molar-refractivity contribution < 1.29 is 0 Å². The Balaban J connectivity index is 2.43. The maximum atomic E-state index is 5.99. The van der Waals surface area contributed by atoms with Crippen molar-refractivity contribution in [2.24, 2.45) is 5.73 Å². The van der Waals surface area contributed by atoms with E-state index in [1.807, 2.05) is 26.1 Å². The van der Waals surface area contributed by atoms with Crippen molar-refractivity contribution in [3.63, 3.8) is 0 Å². The molecule has 1 aromatic heterocycles. The highest BCUT2D eigenvalue weighted by molar-refractivity contribution is 5.63. The molecule has 0 unspecified atom stereocenters. The third-order valence-corrected chi connectivity index (χ3v) is 3.01. The van der Waals surface area contributed by atoms with E-state index >= 15 is 0 Å². The van der Waals surface area contributed by atoms with Crippen LogP contribution in [-0.2, 0) is 0 Å². The monoisotopic (exact) mass is 241 g/mol. The number of aryl methyl sites for hydroxylation is 1. The molecule has 0 fully saturated rings. The van der Waals surface area contributed by atoms with E-state index in [1.54, 1.807) is 6.20 Å². The second-order valence-corrected chi connectivity index (χ2v) is 4.60. The minimum absolute atomic E-state index is 0.0269. The lowest BCUT2D eigenvalue weighted by Gasteiger charge is -2.22. The lowest BCUT2D eigenvalue weighted by molar-refractivity contribution is 0.807. The molecule has 0 spiro atoms. The summed E-state index contributed by atoms with van der Waals surface area (Å²) < 4.78 is 0. The van der Waals surface area contributed by atoms with Gasteiger partial charge in [-0.05, 0) is 37.6 Å². The Hall–Kier alpha value is -1.87. The maximum Gasteiger partial charge on any atom is 0.137 e. The van der Waals surface area contributed by atoms with E-state index in [0.717, 1.165) is 17.1 Å². The van der Waals surface area contributed by atoms with Gasteiger partial charge in [-0.2, -0.15) is 0 Å². The molecule has 1 atom stereocenters. The van der Waals surface area contributed by atoms with Gasteiger partial charge in [0.05, 0.1) is 0 Å². The van der Waals surface area contributed by atoms with Gasteiger partial charge in [-0.15, -0.1) is 0 Å². The van der Waals surface area contributed by atoms with E-state index in [2.05, 4.69) is 41.1 Å². The quantitative estimate of drug-likeness (QED) is 0.897. The highest BCUT2D eigenvalue weighted by Gasteiger charge is 2.12. The lowest BCUT2D eigenvalue weighted by atomic mass is 10.1. The Morgan fingerprint density at radius 2 is 2.00 bits per heavy atom. The van der Waals surface area contributed by atoms with Crippen molar-refractivity contribution in [3.8, 4) is 0 Å². The topological polar surface area (TPSA) is 42.2 Å². The first-order valence-electron chi connectivity index (χ1n) is 6.10. The summed E-state index contributed by atoms with van der Waals surface area (Å²) in [5, 5.41) is 0. The van der Waals surface area contributed by atoms with Crippen LogP contribution in [0, 0.1) is 6.92 Å². The average molecular weight is 241 g/mol. The average Bonchev–Trinajstić information content (AvgIpc) is 2.38. The Bertz CT molecular complexity index is 535. The van der Waals surface area contributed by atoms with E-state index in [-0.39, 0.29) is 6.04 Å². The molecular formula is C15H19N3. The minimum Gasteiger partial charge on any atom is -0.329 e. The fourth-order valence-electron chi connectivity index (χ4n) is 2.00. The Morgan fingerprint density at radius 3 is 2.67 bits per heavy atom. The molecule has 0 saturated heterocycles. The van der Waals surface area contributed by atoms with E-state index in [0.29, 0.717) is 0 Å². The normalized spacial score (nSPS) is 12.2. The summed E-state index contributed by atoms with van der Waals surface area (Å²) in [5.41, 5.74) is 9.41. The smallest absolute Gasteiger partial charge is 0.137 e. The first-order chi connectivity index (χ1) is 8.59. The van der Waals surface area contributed by atoms with Gasteiger partial charge in [0.15, 0.2) is 0 Å². The van der Waals surface area contributed by atoms with Gasteiger partial charge in [-0.1, -0.05) is 18.2 Å². The summed E-state index contributed by atoms with van der Waals surface area (Å²) in [6.45, 7) is 4.06. The summed E-state index contributed by atoms with van der Waals surface area (Å²) in [5.74, 6) is 0.915. The number of aromatic nitrogens is 1. The van der Waals surface area contributed by atoms with Crippen LogP contribution in [0.2, 0.25) is 0 Å². The number of hydrogen-bond acceptors (Lipinski definition) is 3. The summed E-state index contributed by atoms with van der Waals surface area (Å²) in [7, 11) is 2.02. The molecule has 2 rings (SSSR count). The Morgan fingerprint density at radius 1 is 1.22 bits per heavy atom. The van der Waals surface area contributed by atoms with Crippen molar-refractivity contribution in [2.45, 2.75) is 19.9 Å². The fourth-order valence-corrected chi connectivity index (χ4v) is 2.00. The molecule has 2 aromatic rings. The summed E-state index contributed by atoms with van der Waals surface area (Å²) in [6.07, 6.45) is 1.80. The van der Waals surface area contributed by atoms with Crippen LogP contribution in [0.4, 0.5) is 11.5 Å². The molecule has 0 saturated carbocycles. The van der Waals surface area contributed by atoms with Crippen LogP contribution < -0.4 is 10.6 Å². The number of hydrogen-bond donors (Lipinski definition) is 1. The van der Waals surface area contributed by atoms with E-state index in [4.69, 9.17) is 5.73 Å². The van der Waals surface area contributed by atoms with Crippen LogP contribution in [0.5, 0.6) is 0 Å². The molecule has 1 heterocycles. The third kappa shape index (κ3) is 2.51. The largest absolute Gasteiger partial charge is 0.329 e. The van der Waals surface area contributed by atoms with Crippen LogP contribution in [0.25, 0.3) is 0 Å². The molecular weight excluding hydrogens is 222 g/mol. The molecule has 0 radical (unpaired) electrons. The Kier molecular flexibility index (Phi) is 3.63. The highest BCUT2D eigenvalue weighted by atomic mass is 15.2. The predicted octanol–water partition coefficient (Wildman–Crippen LogP) is 3.18. The van der Waals surface area contributed by atoms with E-state index < -0.39 is 0 Å². The van der Waals surface area contributed by atoms with E-state index in [1.165, 1.54) is 5.56 Å². The predicted molar refractivity (Wildman–Crippen MR) is 76.1 cm³/mol. The van der Waals surface area contributed by atoms with Gasteiger partial charge in [0, 0.05) is 30.5 Å². The van der Waals surface area contributed by atoms with Crippen molar-refractivity contribution in [3.05, 3.63) is 53.7 Å². The summed E-state index contributed by atoms with van der Waals surface area (Å²) >= 11 is 0. The van der Waals surface area contributed by atoms with Crippen molar-refractivity contribution >= 4 is 11.5 Å². The zero-order valence-electron chi connectivity index (χ0n) is 11.1. The highest BCUT2D eigenvalue weighted by Crippen LogP contribution is 2.27. The van der Waals surface area contributed by atoms with Crippen LogP contribution in [-0.4, -0.2) is 12.0 Å². The third-order valence-electron chi connectivity index (χ3n) is 3.01. The van der Waals surface area contributed by atoms with Gasteiger partial charge in [-0.25, -0.2) is 4.98 Å². The number of anilines is 2. The maximum absolute atomic E-state index is 5.99. The lowest BCUT2D eigenvalue weighted by Crippen LogP contribution is -2.17. The number of nitrogens with zero attached hydrogens (tertiary/aromatic N) is 2. The molecule has 0 amide bonds. The second kappa shape index (κ2) is 5.19. The zero-order chi connectivity index (χ0) is 13.1. The van der Waals surface area contributed by atoms with Crippen molar-refractivity contribution in [2.75, 3.05) is 11.9 Å². The SMILES string of the molecule is Cc1cccc(N(C)c2ncccc2[C@H](C)N)c1. The minimum atomic E-state index is -0.0269. The van der Waals surface area contributed by atoms with Crippen LogP contribution in [0.1, 0.15) is 24.1 Å². The zero-order valence-corrected chi connectivity index (χ0v) is 11.1. The molecule has 0 aliphatic heterocycles. The molecule has 2 N–H and O–H groups in total. The van der Waals surface area contributed by atoms with Crippen molar-refractivity contribution in [1.82, 2.24) is 4.98 Å². The van der Waals surface area contributed by atoms with Gasteiger partial charge in [-0.3, -0.25) is 0 Å².